The van der Waals surface area contributed by atoms with E-state index in [1.165, 1.54) is 0 Å². The molecule has 4 nitrogen and oxygen atoms in total. The van der Waals surface area contributed by atoms with Crippen LogP contribution in [-0.4, -0.2) is 25.2 Å². The van der Waals surface area contributed by atoms with E-state index in [1.54, 1.807) is 6.26 Å². The fourth-order valence-corrected chi connectivity index (χ4v) is 2.04. The topological polar surface area (TPSA) is 48.6 Å². The molecule has 2 N–H and O–H groups in total. The predicted octanol–water partition coefficient (Wildman–Crippen LogP) is 2.56. The van der Waals surface area contributed by atoms with E-state index >= 15 is 0 Å². The van der Waals surface area contributed by atoms with Gasteiger partial charge >= 0.3 is 0 Å². The Bertz CT molecular complexity index is 506. The molecule has 108 valence electrons. The number of aliphatic hydroxyl groups is 1. The van der Waals surface area contributed by atoms with Gasteiger partial charge in [-0.2, -0.15) is 0 Å². The second-order valence-corrected chi connectivity index (χ2v) is 5.18. The normalized spacial score (nSPS) is 14.0. The summed E-state index contributed by atoms with van der Waals surface area (Å²) in [4.78, 5) is 2.04. The van der Waals surface area contributed by atoms with E-state index in [0.717, 1.165) is 17.0 Å². The van der Waals surface area contributed by atoms with Crippen LogP contribution >= 0.6 is 0 Å². The van der Waals surface area contributed by atoms with Crippen LogP contribution < -0.4 is 10.2 Å². The SMILES string of the molecule is CC(NCc1ccco1)C(O)c1ccc(N(C)C)cc1. The number of hydrogen-bond donors (Lipinski definition) is 2. The van der Waals surface area contributed by atoms with Crippen molar-refractivity contribution < 1.29 is 9.52 Å². The lowest BCUT2D eigenvalue weighted by Gasteiger charge is -2.21. The van der Waals surface area contributed by atoms with Crippen molar-refractivity contribution in [2.45, 2.75) is 25.6 Å². The van der Waals surface area contributed by atoms with Crippen LogP contribution in [-0.2, 0) is 6.54 Å². The third kappa shape index (κ3) is 3.62. The van der Waals surface area contributed by atoms with E-state index in [1.807, 2.05) is 62.3 Å². The Morgan fingerprint density at radius 1 is 1.20 bits per heavy atom. The smallest absolute Gasteiger partial charge is 0.117 e. The van der Waals surface area contributed by atoms with Gasteiger partial charge in [-0.1, -0.05) is 12.1 Å². The molecule has 1 aromatic heterocycles. The second-order valence-electron chi connectivity index (χ2n) is 5.18. The fourth-order valence-electron chi connectivity index (χ4n) is 2.04. The molecule has 0 fully saturated rings. The Morgan fingerprint density at radius 3 is 2.45 bits per heavy atom. The number of anilines is 1. The summed E-state index contributed by atoms with van der Waals surface area (Å²) in [6.45, 7) is 2.58. The molecule has 2 rings (SSSR count). The highest BCUT2D eigenvalue weighted by atomic mass is 16.3. The van der Waals surface area contributed by atoms with Crippen LogP contribution in [0.25, 0.3) is 0 Å². The second kappa shape index (κ2) is 6.59. The summed E-state index contributed by atoms with van der Waals surface area (Å²) in [5.41, 5.74) is 2.03. The Balaban J connectivity index is 1.93. The average molecular weight is 274 g/mol. The van der Waals surface area contributed by atoms with Crippen molar-refractivity contribution in [3.8, 4) is 0 Å². The first-order valence-electron chi connectivity index (χ1n) is 6.79. The summed E-state index contributed by atoms with van der Waals surface area (Å²) < 4.78 is 5.26. The number of furan rings is 1. The summed E-state index contributed by atoms with van der Waals surface area (Å²) in [6, 6.07) is 11.7. The van der Waals surface area contributed by atoms with E-state index in [2.05, 4.69) is 5.32 Å². The van der Waals surface area contributed by atoms with Gasteiger partial charge in [-0.3, -0.25) is 0 Å². The zero-order chi connectivity index (χ0) is 14.5. The molecule has 1 aromatic carbocycles. The summed E-state index contributed by atoms with van der Waals surface area (Å²) in [5, 5.41) is 13.6. The van der Waals surface area contributed by atoms with Crippen LogP contribution in [0.1, 0.15) is 24.4 Å². The van der Waals surface area contributed by atoms with Crippen LogP contribution in [0.5, 0.6) is 0 Å². The van der Waals surface area contributed by atoms with Gasteiger partial charge in [0.15, 0.2) is 0 Å². The van der Waals surface area contributed by atoms with E-state index in [4.69, 9.17) is 4.42 Å². The molecule has 2 aromatic rings. The highest BCUT2D eigenvalue weighted by Crippen LogP contribution is 2.20. The molecule has 2 unspecified atom stereocenters. The first-order chi connectivity index (χ1) is 9.58. The van der Waals surface area contributed by atoms with Crippen LogP contribution in [0.2, 0.25) is 0 Å². The number of nitrogens with zero attached hydrogens (tertiary/aromatic N) is 1. The van der Waals surface area contributed by atoms with Crippen molar-refractivity contribution in [2.75, 3.05) is 19.0 Å². The Kier molecular flexibility index (Phi) is 4.82. The van der Waals surface area contributed by atoms with Crippen molar-refractivity contribution in [3.05, 3.63) is 54.0 Å². The van der Waals surface area contributed by atoms with Gasteiger partial charge in [0.2, 0.25) is 0 Å². The van der Waals surface area contributed by atoms with Crippen molar-refractivity contribution in [1.29, 1.82) is 0 Å². The van der Waals surface area contributed by atoms with E-state index in [0.29, 0.717) is 6.54 Å². The molecule has 0 amide bonds. The standard InChI is InChI=1S/C16H22N2O2/c1-12(17-11-15-5-4-10-20-15)16(19)13-6-8-14(9-7-13)18(2)3/h4-10,12,16-17,19H,11H2,1-3H3. The number of hydrogen-bond acceptors (Lipinski definition) is 4. The van der Waals surface area contributed by atoms with Gasteiger partial charge in [-0.15, -0.1) is 0 Å². The van der Waals surface area contributed by atoms with Crippen LogP contribution in [0.15, 0.2) is 47.1 Å². The number of aliphatic hydroxyl groups excluding tert-OH is 1. The zero-order valence-corrected chi connectivity index (χ0v) is 12.2. The van der Waals surface area contributed by atoms with Gasteiger partial charge in [0, 0.05) is 25.8 Å². The molecule has 0 spiro atoms. The van der Waals surface area contributed by atoms with Crippen molar-refractivity contribution in [1.82, 2.24) is 5.32 Å². The van der Waals surface area contributed by atoms with Gasteiger partial charge in [0.05, 0.1) is 18.9 Å². The molecule has 0 saturated carbocycles. The highest BCUT2D eigenvalue weighted by molar-refractivity contribution is 5.46. The molecule has 0 aliphatic heterocycles. The maximum atomic E-state index is 10.3. The van der Waals surface area contributed by atoms with Gasteiger partial charge in [-0.25, -0.2) is 0 Å². The minimum atomic E-state index is -0.541. The first kappa shape index (κ1) is 14.6. The third-order valence-electron chi connectivity index (χ3n) is 3.40. The van der Waals surface area contributed by atoms with Crippen molar-refractivity contribution in [2.24, 2.45) is 0 Å². The van der Waals surface area contributed by atoms with E-state index in [9.17, 15) is 5.11 Å². The molecule has 0 radical (unpaired) electrons. The zero-order valence-electron chi connectivity index (χ0n) is 12.2. The molecular weight excluding hydrogens is 252 g/mol. The third-order valence-corrected chi connectivity index (χ3v) is 3.40. The number of rotatable bonds is 6. The Hall–Kier alpha value is -1.78. The molecule has 0 bridgehead atoms. The Labute approximate surface area is 120 Å². The lowest BCUT2D eigenvalue weighted by molar-refractivity contribution is 0.134. The average Bonchev–Trinajstić information content (AvgIpc) is 2.97. The van der Waals surface area contributed by atoms with E-state index in [-0.39, 0.29) is 6.04 Å². The maximum absolute atomic E-state index is 10.3. The van der Waals surface area contributed by atoms with Crippen molar-refractivity contribution in [3.63, 3.8) is 0 Å². The summed E-state index contributed by atoms with van der Waals surface area (Å²) >= 11 is 0. The molecule has 20 heavy (non-hydrogen) atoms. The molecule has 0 aliphatic rings. The van der Waals surface area contributed by atoms with Gasteiger partial charge in [0.25, 0.3) is 0 Å². The van der Waals surface area contributed by atoms with Crippen molar-refractivity contribution >= 4 is 5.69 Å². The molecule has 2 atom stereocenters. The molecule has 0 aliphatic carbocycles. The number of benzene rings is 1. The van der Waals surface area contributed by atoms with Gasteiger partial charge < -0.3 is 19.7 Å². The molecule has 4 heteroatoms. The molecule has 0 saturated heterocycles. The van der Waals surface area contributed by atoms with Gasteiger partial charge in [0.1, 0.15) is 5.76 Å². The van der Waals surface area contributed by atoms with Crippen LogP contribution in [0.4, 0.5) is 5.69 Å². The minimum absolute atomic E-state index is 0.0506. The Morgan fingerprint density at radius 2 is 1.90 bits per heavy atom. The first-order valence-corrected chi connectivity index (χ1v) is 6.79. The summed E-state index contributed by atoms with van der Waals surface area (Å²) in [7, 11) is 4.00. The lowest BCUT2D eigenvalue weighted by Crippen LogP contribution is -2.31. The largest absolute Gasteiger partial charge is 0.468 e. The molecular formula is C16H22N2O2. The number of nitrogens with one attached hydrogen (secondary N) is 1. The molecule has 1 heterocycles. The van der Waals surface area contributed by atoms with Gasteiger partial charge in [-0.05, 0) is 36.8 Å². The predicted molar refractivity (Wildman–Crippen MR) is 80.7 cm³/mol. The quantitative estimate of drug-likeness (QED) is 0.850. The fraction of sp³-hybridized carbons (Fsp3) is 0.375. The van der Waals surface area contributed by atoms with E-state index < -0.39 is 6.10 Å². The van der Waals surface area contributed by atoms with Crippen LogP contribution in [0, 0.1) is 0 Å². The highest BCUT2D eigenvalue weighted by Gasteiger charge is 2.16. The van der Waals surface area contributed by atoms with Crippen LogP contribution in [0.3, 0.4) is 0 Å². The monoisotopic (exact) mass is 274 g/mol. The summed E-state index contributed by atoms with van der Waals surface area (Å²) in [5.74, 6) is 0.868. The maximum Gasteiger partial charge on any atom is 0.117 e. The summed E-state index contributed by atoms with van der Waals surface area (Å²) in [6.07, 6.45) is 1.11. The minimum Gasteiger partial charge on any atom is -0.468 e. The lowest BCUT2D eigenvalue weighted by atomic mass is 10.0.